The van der Waals surface area contributed by atoms with E-state index in [1.807, 2.05) is 0 Å². The lowest BCUT2D eigenvalue weighted by Gasteiger charge is -2.64. The number of allylic oxidation sites excluding steroid dienone is 1. The number of rotatable bonds is 6. The van der Waals surface area contributed by atoms with E-state index < -0.39 is 11.3 Å². The van der Waals surface area contributed by atoms with Gasteiger partial charge in [0.2, 0.25) is 0 Å². The van der Waals surface area contributed by atoms with Crippen LogP contribution < -0.4 is 0 Å². The molecule has 1 N–H and O–H groups in total. The summed E-state index contributed by atoms with van der Waals surface area (Å²) in [4.78, 5) is 26.7. The minimum atomic E-state index is -0.960. The van der Waals surface area contributed by atoms with Gasteiger partial charge in [0.05, 0.1) is 18.6 Å². The van der Waals surface area contributed by atoms with Gasteiger partial charge in [-0.15, -0.1) is 0 Å². The van der Waals surface area contributed by atoms with Crippen molar-refractivity contribution in [2.45, 2.75) is 52.4 Å². The van der Waals surface area contributed by atoms with Crippen molar-refractivity contribution in [2.24, 2.45) is 34.5 Å². The lowest BCUT2D eigenvalue weighted by molar-refractivity contribution is -0.190. The maximum atomic E-state index is 13.4. The Balaban J connectivity index is 2.16. The molecule has 1 spiro atoms. The topological polar surface area (TPSA) is 63.6 Å². The summed E-state index contributed by atoms with van der Waals surface area (Å²) >= 11 is 0. The lowest BCUT2D eigenvalue weighted by atomic mass is 9.38. The van der Waals surface area contributed by atoms with Crippen LogP contribution in [0.5, 0.6) is 0 Å². The highest BCUT2D eigenvalue weighted by Gasteiger charge is 2.70. The molecule has 140 valence electrons. The van der Waals surface area contributed by atoms with Crippen LogP contribution in [0.15, 0.2) is 12.2 Å². The van der Waals surface area contributed by atoms with E-state index >= 15 is 0 Å². The highest BCUT2D eigenvalue weighted by atomic mass is 16.5. The van der Waals surface area contributed by atoms with Crippen LogP contribution in [0.3, 0.4) is 0 Å². The minimum absolute atomic E-state index is 0.0209. The average molecular weight is 348 g/mol. The molecule has 4 fully saturated rings. The Kier molecular flexibility index (Phi) is 4.97. The summed E-state index contributed by atoms with van der Waals surface area (Å²) in [5, 5.41) is 10.0. The van der Waals surface area contributed by atoms with Crippen LogP contribution in [0.4, 0.5) is 0 Å². The normalized spacial score (nSPS) is 43.4. The van der Waals surface area contributed by atoms with Crippen LogP contribution >= 0.6 is 0 Å². The summed E-state index contributed by atoms with van der Waals surface area (Å²) in [6, 6.07) is 0. The summed E-state index contributed by atoms with van der Waals surface area (Å²) in [6.45, 7) is 8.65. The predicted octanol–water partition coefficient (Wildman–Crippen LogP) is 3.18. The van der Waals surface area contributed by atoms with Gasteiger partial charge in [-0.3, -0.25) is 9.59 Å². The Labute approximate surface area is 151 Å². The number of aliphatic hydroxyl groups is 1. The van der Waals surface area contributed by atoms with Gasteiger partial charge in [-0.2, -0.15) is 0 Å². The molecule has 0 heterocycles. The van der Waals surface area contributed by atoms with Crippen molar-refractivity contribution in [3.05, 3.63) is 12.2 Å². The Bertz CT molecular complexity index is 582. The van der Waals surface area contributed by atoms with Gasteiger partial charge in [0.1, 0.15) is 0 Å². The van der Waals surface area contributed by atoms with Gasteiger partial charge < -0.3 is 9.84 Å². The fourth-order valence-electron chi connectivity index (χ4n) is 6.37. The molecule has 3 unspecified atom stereocenters. The molecule has 0 amide bonds. The molecule has 4 nitrogen and oxygen atoms in total. The van der Waals surface area contributed by atoms with E-state index in [4.69, 9.17) is 4.74 Å². The van der Waals surface area contributed by atoms with Crippen molar-refractivity contribution in [2.75, 3.05) is 20.3 Å². The number of ether oxygens (including phenoxy) is 1. The monoisotopic (exact) mass is 348 g/mol. The third kappa shape index (κ3) is 2.33. The Morgan fingerprint density at radius 1 is 1.36 bits per heavy atom. The average Bonchev–Trinajstić information content (AvgIpc) is 2.62. The first kappa shape index (κ1) is 18.8. The lowest BCUT2D eigenvalue weighted by Crippen LogP contribution is -2.68. The molecule has 4 aliphatic rings. The summed E-state index contributed by atoms with van der Waals surface area (Å²) in [7, 11) is 1.71. The van der Waals surface area contributed by atoms with Gasteiger partial charge >= 0.3 is 0 Å². The molecule has 2 bridgehead atoms. The molecule has 4 heteroatoms. The van der Waals surface area contributed by atoms with Gasteiger partial charge in [0.15, 0.2) is 11.6 Å². The largest absolute Gasteiger partial charge is 0.396 e. The van der Waals surface area contributed by atoms with E-state index in [0.717, 1.165) is 32.1 Å². The molecule has 4 rings (SSSR count). The first-order valence-electron chi connectivity index (χ1n) is 9.78. The first-order valence-corrected chi connectivity index (χ1v) is 9.78. The molecule has 0 saturated heterocycles. The molecule has 0 aromatic rings. The number of carbonyl (C=O) groups excluding carboxylic acids is 2. The smallest absolute Gasteiger partial charge is 0.172 e. The van der Waals surface area contributed by atoms with Crippen LogP contribution in [0.2, 0.25) is 0 Å². The number of ketones is 2. The Morgan fingerprint density at radius 3 is 2.68 bits per heavy atom. The van der Waals surface area contributed by atoms with Crippen molar-refractivity contribution < 1.29 is 19.4 Å². The molecule has 0 aliphatic heterocycles. The number of carbonyl (C=O) groups is 2. The standard InChI is InChI=1S/C21H32O4/c1-5-6-8-20(12-25-4)14(3)16(11-22)19(24)21-9-7-15(10-17(20)21)13(2)18(21)23/h14-17,22H,2,5-12H2,1,3-4H3/t14?,15-,16?,17?,20-,21-/m0/s1. The molecule has 6 atom stereocenters. The third-order valence-corrected chi connectivity index (χ3v) is 7.78. The van der Waals surface area contributed by atoms with Crippen LogP contribution in [-0.4, -0.2) is 37.0 Å². The number of methoxy groups -OCH3 is 1. The SMILES string of the molecule is C=C1C(=O)[C@]23CC[C@H]1CC2[C@@](CCCC)(COC)C(C)C(CO)C3=O. The second-order valence-electron chi connectivity index (χ2n) is 8.56. The van der Waals surface area contributed by atoms with Crippen molar-refractivity contribution in [1.29, 1.82) is 0 Å². The molecule has 0 aromatic heterocycles. The number of hydrogen-bond acceptors (Lipinski definition) is 4. The number of fused-ring (bicyclic) bond motifs is 2. The van der Waals surface area contributed by atoms with E-state index in [2.05, 4.69) is 20.4 Å². The van der Waals surface area contributed by atoms with Gasteiger partial charge in [-0.05, 0) is 49.0 Å². The van der Waals surface area contributed by atoms with E-state index in [1.54, 1.807) is 7.11 Å². The molecular weight excluding hydrogens is 316 g/mol. The zero-order chi connectivity index (χ0) is 18.4. The van der Waals surface area contributed by atoms with Crippen molar-refractivity contribution >= 4 is 11.6 Å². The summed E-state index contributed by atoms with van der Waals surface area (Å²) in [6.07, 6.45) is 5.43. The van der Waals surface area contributed by atoms with Crippen molar-refractivity contribution in [3.63, 3.8) is 0 Å². The van der Waals surface area contributed by atoms with E-state index in [0.29, 0.717) is 18.6 Å². The third-order valence-electron chi connectivity index (χ3n) is 7.78. The zero-order valence-electron chi connectivity index (χ0n) is 15.8. The van der Waals surface area contributed by atoms with E-state index in [1.165, 1.54) is 0 Å². The molecular formula is C21H32O4. The molecule has 4 aliphatic carbocycles. The first-order chi connectivity index (χ1) is 11.9. The van der Waals surface area contributed by atoms with Crippen molar-refractivity contribution in [3.8, 4) is 0 Å². The maximum absolute atomic E-state index is 13.4. The van der Waals surface area contributed by atoms with Gasteiger partial charge in [0, 0.05) is 18.4 Å². The molecule has 25 heavy (non-hydrogen) atoms. The Hall–Kier alpha value is -1.00. The summed E-state index contributed by atoms with van der Waals surface area (Å²) in [5.74, 6) is -0.286. The van der Waals surface area contributed by atoms with Crippen LogP contribution in [0.25, 0.3) is 0 Å². The number of aliphatic hydroxyl groups excluding tert-OH is 1. The fraction of sp³-hybridized carbons (Fsp3) is 0.810. The van der Waals surface area contributed by atoms with Crippen molar-refractivity contribution in [1.82, 2.24) is 0 Å². The minimum Gasteiger partial charge on any atom is -0.396 e. The summed E-state index contributed by atoms with van der Waals surface area (Å²) in [5.41, 5.74) is -0.539. The second kappa shape index (κ2) is 6.62. The van der Waals surface area contributed by atoms with Gasteiger partial charge in [0.25, 0.3) is 0 Å². The molecule has 4 saturated carbocycles. The number of unbranched alkanes of at least 4 members (excludes halogenated alkanes) is 1. The second-order valence-corrected chi connectivity index (χ2v) is 8.56. The number of hydrogen-bond donors (Lipinski definition) is 1. The zero-order valence-corrected chi connectivity index (χ0v) is 15.8. The Morgan fingerprint density at radius 2 is 2.08 bits per heavy atom. The number of Topliss-reactive ketones (excluding diaryl/α,β-unsaturated/α-hetero) is 2. The highest BCUT2D eigenvalue weighted by molar-refractivity contribution is 6.17. The molecule has 0 radical (unpaired) electrons. The van der Waals surface area contributed by atoms with Crippen LogP contribution in [0.1, 0.15) is 52.4 Å². The summed E-state index contributed by atoms with van der Waals surface area (Å²) < 4.78 is 5.67. The quantitative estimate of drug-likeness (QED) is 0.591. The fourth-order valence-corrected chi connectivity index (χ4v) is 6.37. The van der Waals surface area contributed by atoms with E-state index in [9.17, 15) is 14.7 Å². The van der Waals surface area contributed by atoms with Crippen LogP contribution in [-0.2, 0) is 14.3 Å². The highest BCUT2D eigenvalue weighted by Crippen LogP contribution is 2.66. The van der Waals surface area contributed by atoms with Gasteiger partial charge in [-0.25, -0.2) is 0 Å². The van der Waals surface area contributed by atoms with Gasteiger partial charge in [-0.1, -0.05) is 33.3 Å². The predicted molar refractivity (Wildman–Crippen MR) is 96.0 cm³/mol. The maximum Gasteiger partial charge on any atom is 0.172 e. The van der Waals surface area contributed by atoms with Crippen LogP contribution in [0, 0.1) is 34.5 Å². The molecule has 0 aromatic carbocycles. The van der Waals surface area contributed by atoms with E-state index in [-0.39, 0.29) is 41.3 Å².